The summed E-state index contributed by atoms with van der Waals surface area (Å²) in [6.45, 7) is 9.92. The van der Waals surface area contributed by atoms with Crippen molar-refractivity contribution in [3.8, 4) is 0 Å². The Labute approximate surface area is 132 Å². The number of nitrogens with one attached hydrogen (secondary N) is 1. The summed E-state index contributed by atoms with van der Waals surface area (Å²) >= 11 is 8.25. The monoisotopic (exact) mass is 312 g/mol. The van der Waals surface area contributed by atoms with Crippen molar-refractivity contribution in [2.24, 2.45) is 0 Å². The van der Waals surface area contributed by atoms with E-state index in [9.17, 15) is 0 Å². The van der Waals surface area contributed by atoms with Gasteiger partial charge in [0.25, 0.3) is 0 Å². The molecule has 1 aliphatic rings. The number of rotatable bonds is 5. The molecule has 112 valence electrons. The summed E-state index contributed by atoms with van der Waals surface area (Å²) in [5.41, 5.74) is 2.66. The lowest BCUT2D eigenvalue weighted by atomic mass is 10.1. The van der Waals surface area contributed by atoms with Crippen LogP contribution in [0.5, 0.6) is 0 Å². The molecule has 1 heterocycles. The number of hydrogen-bond acceptors (Lipinski definition) is 3. The Bertz CT molecular complexity index is 438. The highest BCUT2D eigenvalue weighted by Gasteiger charge is 2.26. The van der Waals surface area contributed by atoms with Gasteiger partial charge in [-0.15, -0.1) is 0 Å². The van der Waals surface area contributed by atoms with Crippen molar-refractivity contribution in [3.05, 3.63) is 28.8 Å². The molecule has 1 fully saturated rings. The Morgan fingerprint density at radius 2 is 2.20 bits per heavy atom. The molecule has 2 atom stereocenters. The molecule has 0 aliphatic carbocycles. The average molecular weight is 313 g/mol. The molecule has 1 aromatic carbocycles. The molecule has 20 heavy (non-hydrogen) atoms. The van der Waals surface area contributed by atoms with Crippen LogP contribution in [0.15, 0.2) is 18.2 Å². The normalized spacial score (nSPS) is 23.1. The van der Waals surface area contributed by atoms with Crippen LogP contribution in [0.1, 0.15) is 32.8 Å². The van der Waals surface area contributed by atoms with E-state index in [1.165, 1.54) is 17.0 Å². The third kappa shape index (κ3) is 3.84. The van der Waals surface area contributed by atoms with Gasteiger partial charge in [0.15, 0.2) is 0 Å². The van der Waals surface area contributed by atoms with Crippen LogP contribution in [-0.4, -0.2) is 30.1 Å². The van der Waals surface area contributed by atoms with Crippen molar-refractivity contribution in [1.82, 2.24) is 5.32 Å². The van der Waals surface area contributed by atoms with E-state index in [1.54, 1.807) is 0 Å². The lowest BCUT2D eigenvalue weighted by Gasteiger charge is -2.40. The van der Waals surface area contributed by atoms with Gasteiger partial charge in [-0.05, 0) is 43.7 Å². The number of anilines is 1. The minimum absolute atomic E-state index is 0.569. The molecule has 1 N–H and O–H groups in total. The van der Waals surface area contributed by atoms with Gasteiger partial charge in [0.05, 0.1) is 0 Å². The van der Waals surface area contributed by atoms with Gasteiger partial charge in [-0.25, -0.2) is 0 Å². The lowest BCUT2D eigenvalue weighted by Crippen LogP contribution is -2.45. The van der Waals surface area contributed by atoms with E-state index in [-0.39, 0.29) is 0 Å². The number of benzene rings is 1. The zero-order valence-electron chi connectivity index (χ0n) is 12.7. The zero-order valence-corrected chi connectivity index (χ0v) is 14.2. The minimum Gasteiger partial charge on any atom is -0.367 e. The van der Waals surface area contributed by atoms with Gasteiger partial charge in [0.1, 0.15) is 0 Å². The lowest BCUT2D eigenvalue weighted by molar-refractivity contribution is 0.618. The van der Waals surface area contributed by atoms with Crippen molar-refractivity contribution in [2.45, 2.75) is 45.0 Å². The standard InChI is InChI=1S/C16H25ClN2S/c1-4-7-18-11-14-10-15(17)5-6-16(14)19-8-9-20-13(3)12(19)2/h5-6,10,12-13,18H,4,7-9,11H2,1-3H3. The molecule has 0 spiro atoms. The van der Waals surface area contributed by atoms with Gasteiger partial charge in [-0.2, -0.15) is 11.8 Å². The molecule has 2 rings (SSSR count). The topological polar surface area (TPSA) is 15.3 Å². The molecule has 2 nitrogen and oxygen atoms in total. The van der Waals surface area contributed by atoms with Crippen LogP contribution in [0.3, 0.4) is 0 Å². The van der Waals surface area contributed by atoms with E-state index < -0.39 is 0 Å². The maximum atomic E-state index is 6.18. The molecular formula is C16H25ClN2S. The first kappa shape index (κ1) is 16.0. The van der Waals surface area contributed by atoms with Crippen LogP contribution in [-0.2, 0) is 6.54 Å². The molecule has 0 radical (unpaired) electrons. The van der Waals surface area contributed by atoms with E-state index in [2.05, 4.69) is 54.9 Å². The third-order valence-electron chi connectivity index (χ3n) is 3.98. The summed E-state index contributed by atoms with van der Waals surface area (Å²) in [5, 5.41) is 5.00. The van der Waals surface area contributed by atoms with Crippen LogP contribution in [0.4, 0.5) is 5.69 Å². The predicted octanol–water partition coefficient (Wildman–Crippen LogP) is 4.17. The quantitative estimate of drug-likeness (QED) is 0.822. The Balaban J connectivity index is 2.20. The van der Waals surface area contributed by atoms with Crippen LogP contribution in [0, 0.1) is 0 Å². The second-order valence-electron chi connectivity index (χ2n) is 5.46. The molecule has 1 saturated heterocycles. The molecule has 1 aliphatic heterocycles. The van der Waals surface area contributed by atoms with Gasteiger partial charge < -0.3 is 10.2 Å². The summed E-state index contributed by atoms with van der Waals surface area (Å²) in [6, 6.07) is 6.88. The van der Waals surface area contributed by atoms with Gasteiger partial charge in [-0.1, -0.05) is 25.4 Å². The van der Waals surface area contributed by atoms with Crippen molar-refractivity contribution >= 4 is 29.1 Å². The summed E-state index contributed by atoms with van der Waals surface area (Å²) in [4.78, 5) is 2.54. The van der Waals surface area contributed by atoms with E-state index in [4.69, 9.17) is 11.6 Å². The fourth-order valence-corrected chi connectivity index (χ4v) is 3.94. The number of halogens is 1. The molecule has 2 unspecified atom stereocenters. The van der Waals surface area contributed by atoms with Crippen molar-refractivity contribution in [3.63, 3.8) is 0 Å². The first-order valence-electron chi connectivity index (χ1n) is 7.51. The fourth-order valence-electron chi connectivity index (χ4n) is 2.65. The first-order valence-corrected chi connectivity index (χ1v) is 8.93. The Kier molecular flexibility index (Phi) is 6.06. The maximum Gasteiger partial charge on any atom is 0.0415 e. The third-order valence-corrected chi connectivity index (χ3v) is 5.55. The maximum absolute atomic E-state index is 6.18. The largest absolute Gasteiger partial charge is 0.367 e. The van der Waals surface area contributed by atoms with Gasteiger partial charge >= 0.3 is 0 Å². The molecular weight excluding hydrogens is 288 g/mol. The van der Waals surface area contributed by atoms with Crippen molar-refractivity contribution < 1.29 is 0 Å². The summed E-state index contributed by atoms with van der Waals surface area (Å²) < 4.78 is 0. The Hall–Kier alpha value is -0.380. The minimum atomic E-state index is 0.569. The highest BCUT2D eigenvalue weighted by molar-refractivity contribution is 8.00. The molecule has 0 amide bonds. The zero-order chi connectivity index (χ0) is 14.5. The highest BCUT2D eigenvalue weighted by atomic mass is 35.5. The SMILES string of the molecule is CCCNCc1cc(Cl)ccc1N1CCSC(C)C1C. The van der Waals surface area contributed by atoms with Crippen LogP contribution >= 0.6 is 23.4 Å². The van der Waals surface area contributed by atoms with E-state index in [0.717, 1.165) is 31.1 Å². The Morgan fingerprint density at radius 3 is 2.95 bits per heavy atom. The Morgan fingerprint density at radius 1 is 1.40 bits per heavy atom. The van der Waals surface area contributed by atoms with Gasteiger partial charge in [-0.3, -0.25) is 0 Å². The van der Waals surface area contributed by atoms with E-state index in [1.807, 2.05) is 6.07 Å². The number of thioether (sulfide) groups is 1. The second-order valence-corrected chi connectivity index (χ2v) is 7.38. The van der Waals surface area contributed by atoms with Crippen molar-refractivity contribution in [2.75, 3.05) is 23.7 Å². The second kappa shape index (κ2) is 7.58. The summed E-state index contributed by atoms with van der Waals surface area (Å²) in [5.74, 6) is 1.20. The highest BCUT2D eigenvalue weighted by Crippen LogP contribution is 2.32. The number of hydrogen-bond donors (Lipinski definition) is 1. The summed E-state index contributed by atoms with van der Waals surface area (Å²) in [7, 11) is 0. The molecule has 4 heteroatoms. The fraction of sp³-hybridized carbons (Fsp3) is 0.625. The summed E-state index contributed by atoms with van der Waals surface area (Å²) in [6.07, 6.45) is 1.16. The van der Waals surface area contributed by atoms with E-state index >= 15 is 0 Å². The predicted molar refractivity (Wildman–Crippen MR) is 92.2 cm³/mol. The van der Waals surface area contributed by atoms with Gasteiger partial charge in [0, 0.05) is 40.8 Å². The number of nitrogens with zero attached hydrogens (tertiary/aromatic N) is 1. The molecule has 1 aromatic rings. The molecule has 0 aromatic heterocycles. The van der Waals surface area contributed by atoms with Crippen LogP contribution in [0.25, 0.3) is 0 Å². The molecule has 0 bridgehead atoms. The smallest absolute Gasteiger partial charge is 0.0415 e. The van der Waals surface area contributed by atoms with Crippen molar-refractivity contribution in [1.29, 1.82) is 0 Å². The van der Waals surface area contributed by atoms with Gasteiger partial charge in [0.2, 0.25) is 0 Å². The first-order chi connectivity index (χ1) is 9.63. The van der Waals surface area contributed by atoms with Crippen LogP contribution in [0.2, 0.25) is 5.02 Å². The average Bonchev–Trinajstić information content (AvgIpc) is 2.43. The van der Waals surface area contributed by atoms with Crippen LogP contribution < -0.4 is 10.2 Å². The molecule has 0 saturated carbocycles. The van der Waals surface area contributed by atoms with E-state index in [0.29, 0.717) is 11.3 Å².